The van der Waals surface area contributed by atoms with Gasteiger partial charge in [0.1, 0.15) is 5.82 Å². The Morgan fingerprint density at radius 1 is 1.29 bits per heavy atom. The molecule has 1 N–H and O–H groups in total. The van der Waals surface area contributed by atoms with Gasteiger partial charge in [-0.1, -0.05) is 19.8 Å². The Hall–Kier alpha value is -0.840. The predicted molar refractivity (Wildman–Crippen MR) is 90.8 cm³/mol. The van der Waals surface area contributed by atoms with Crippen LogP contribution >= 0.6 is 15.9 Å². The summed E-state index contributed by atoms with van der Waals surface area (Å²) >= 11 is 3.65. The van der Waals surface area contributed by atoms with Gasteiger partial charge in [0.2, 0.25) is 5.95 Å². The molecule has 1 saturated carbocycles. The Balaban J connectivity index is 1.80. The van der Waals surface area contributed by atoms with E-state index in [9.17, 15) is 0 Å². The highest BCUT2D eigenvalue weighted by Crippen LogP contribution is 2.39. The lowest BCUT2D eigenvalue weighted by molar-refractivity contribution is 0.429. The third-order valence-corrected chi connectivity index (χ3v) is 5.33. The molecule has 4 nitrogen and oxygen atoms in total. The summed E-state index contributed by atoms with van der Waals surface area (Å²) < 4.78 is 1.02. The number of halogens is 1. The van der Waals surface area contributed by atoms with Crippen LogP contribution in [0.1, 0.15) is 51.9 Å². The van der Waals surface area contributed by atoms with Gasteiger partial charge in [-0.2, -0.15) is 4.98 Å². The quantitative estimate of drug-likeness (QED) is 0.861. The molecule has 2 fully saturated rings. The summed E-state index contributed by atoms with van der Waals surface area (Å²) in [6.45, 7) is 4.21. The molecule has 1 saturated heterocycles. The van der Waals surface area contributed by atoms with Crippen molar-refractivity contribution in [2.24, 2.45) is 5.92 Å². The maximum atomic E-state index is 4.77. The third kappa shape index (κ3) is 3.33. The van der Waals surface area contributed by atoms with Gasteiger partial charge in [0.05, 0.1) is 4.47 Å². The van der Waals surface area contributed by atoms with Crippen molar-refractivity contribution in [1.82, 2.24) is 9.97 Å². The van der Waals surface area contributed by atoms with Crippen LogP contribution in [-0.2, 0) is 0 Å². The number of rotatable bonds is 5. The molecule has 1 aromatic heterocycles. The monoisotopic (exact) mass is 352 g/mol. The van der Waals surface area contributed by atoms with Crippen LogP contribution in [0.5, 0.6) is 0 Å². The van der Waals surface area contributed by atoms with E-state index in [1.807, 2.05) is 6.20 Å². The molecule has 1 unspecified atom stereocenters. The first kappa shape index (κ1) is 15.1. The van der Waals surface area contributed by atoms with Gasteiger partial charge in [-0.15, -0.1) is 0 Å². The van der Waals surface area contributed by atoms with Crippen LogP contribution in [0.2, 0.25) is 0 Å². The van der Waals surface area contributed by atoms with Gasteiger partial charge in [-0.25, -0.2) is 4.98 Å². The highest BCUT2D eigenvalue weighted by molar-refractivity contribution is 9.10. The molecule has 0 spiro atoms. The summed E-state index contributed by atoms with van der Waals surface area (Å²) in [6, 6.07) is 0.678. The molecule has 1 atom stereocenters. The fourth-order valence-electron chi connectivity index (χ4n) is 3.77. The normalized spacial score (nSPS) is 23.0. The van der Waals surface area contributed by atoms with Crippen molar-refractivity contribution in [3.8, 4) is 0 Å². The van der Waals surface area contributed by atoms with E-state index in [1.54, 1.807) is 0 Å². The number of hydrogen-bond donors (Lipinski definition) is 1. The standard InChI is InChI=1S/C16H25BrN4/c1-2-9-18-16-19-11-13(17)15(20-16)21-10-5-8-14(21)12-6-3-4-7-12/h11-12,14H,2-10H2,1H3,(H,18,19,20). The van der Waals surface area contributed by atoms with E-state index in [2.05, 4.69) is 38.1 Å². The van der Waals surface area contributed by atoms with Crippen molar-refractivity contribution in [3.05, 3.63) is 10.7 Å². The van der Waals surface area contributed by atoms with Gasteiger partial charge in [0.25, 0.3) is 0 Å². The summed E-state index contributed by atoms with van der Waals surface area (Å²) in [4.78, 5) is 11.7. The molecule has 1 aromatic rings. The lowest BCUT2D eigenvalue weighted by Crippen LogP contribution is -2.35. The minimum atomic E-state index is 0.678. The highest BCUT2D eigenvalue weighted by Gasteiger charge is 2.34. The molecule has 2 heterocycles. The van der Waals surface area contributed by atoms with Gasteiger partial charge >= 0.3 is 0 Å². The average Bonchev–Trinajstić information content (AvgIpc) is 3.16. The second-order valence-corrected chi connectivity index (χ2v) is 7.09. The number of nitrogens with zero attached hydrogens (tertiary/aromatic N) is 3. The van der Waals surface area contributed by atoms with Gasteiger partial charge in [-0.3, -0.25) is 0 Å². The molecule has 0 aromatic carbocycles. The zero-order chi connectivity index (χ0) is 14.7. The summed E-state index contributed by atoms with van der Waals surface area (Å²) in [7, 11) is 0. The van der Waals surface area contributed by atoms with E-state index in [1.165, 1.54) is 38.5 Å². The van der Waals surface area contributed by atoms with Gasteiger partial charge in [-0.05, 0) is 54.0 Å². The molecular weight excluding hydrogens is 328 g/mol. The van der Waals surface area contributed by atoms with Gasteiger partial charge < -0.3 is 10.2 Å². The minimum absolute atomic E-state index is 0.678. The van der Waals surface area contributed by atoms with Crippen molar-refractivity contribution >= 4 is 27.7 Å². The number of aromatic nitrogens is 2. The predicted octanol–water partition coefficient (Wildman–Crippen LogP) is 4.22. The molecule has 0 radical (unpaired) electrons. The molecule has 0 amide bonds. The van der Waals surface area contributed by atoms with E-state index in [0.717, 1.165) is 41.7 Å². The summed E-state index contributed by atoms with van der Waals surface area (Å²) in [5.74, 6) is 2.70. The van der Waals surface area contributed by atoms with Crippen molar-refractivity contribution in [1.29, 1.82) is 0 Å². The van der Waals surface area contributed by atoms with Crippen LogP contribution < -0.4 is 10.2 Å². The first-order valence-electron chi connectivity index (χ1n) is 8.32. The van der Waals surface area contributed by atoms with E-state index in [0.29, 0.717) is 6.04 Å². The minimum Gasteiger partial charge on any atom is -0.354 e. The van der Waals surface area contributed by atoms with E-state index >= 15 is 0 Å². The number of nitrogens with one attached hydrogen (secondary N) is 1. The molecule has 1 aliphatic carbocycles. The van der Waals surface area contributed by atoms with Crippen molar-refractivity contribution in [3.63, 3.8) is 0 Å². The van der Waals surface area contributed by atoms with E-state index in [4.69, 9.17) is 4.98 Å². The lowest BCUT2D eigenvalue weighted by Gasteiger charge is -2.31. The number of anilines is 2. The lowest BCUT2D eigenvalue weighted by atomic mass is 9.96. The van der Waals surface area contributed by atoms with Crippen LogP contribution in [0.25, 0.3) is 0 Å². The Kier molecular flexibility index (Phi) is 4.99. The second kappa shape index (κ2) is 6.95. The second-order valence-electron chi connectivity index (χ2n) is 6.24. The molecule has 1 aliphatic heterocycles. The molecule has 3 rings (SSSR count). The first-order valence-corrected chi connectivity index (χ1v) is 9.12. The molecule has 0 bridgehead atoms. The van der Waals surface area contributed by atoms with E-state index < -0.39 is 0 Å². The summed E-state index contributed by atoms with van der Waals surface area (Å²) in [5, 5.41) is 3.30. The van der Waals surface area contributed by atoms with Crippen LogP contribution in [-0.4, -0.2) is 29.1 Å². The molecule has 2 aliphatic rings. The number of hydrogen-bond acceptors (Lipinski definition) is 4. The van der Waals surface area contributed by atoms with Gasteiger partial charge in [0, 0.05) is 25.3 Å². The fourth-order valence-corrected chi connectivity index (χ4v) is 4.19. The largest absolute Gasteiger partial charge is 0.354 e. The summed E-state index contributed by atoms with van der Waals surface area (Å²) in [5.41, 5.74) is 0. The summed E-state index contributed by atoms with van der Waals surface area (Å²) in [6.07, 6.45) is 11.2. The topological polar surface area (TPSA) is 41.1 Å². The molecule has 5 heteroatoms. The van der Waals surface area contributed by atoms with Crippen LogP contribution in [0.3, 0.4) is 0 Å². The molecule has 21 heavy (non-hydrogen) atoms. The zero-order valence-corrected chi connectivity index (χ0v) is 14.4. The van der Waals surface area contributed by atoms with Crippen molar-refractivity contribution in [2.45, 2.75) is 57.9 Å². The smallest absolute Gasteiger partial charge is 0.224 e. The maximum Gasteiger partial charge on any atom is 0.224 e. The molecular formula is C16H25BrN4. The van der Waals surface area contributed by atoms with Crippen molar-refractivity contribution in [2.75, 3.05) is 23.3 Å². The van der Waals surface area contributed by atoms with Crippen LogP contribution in [0.4, 0.5) is 11.8 Å². The fraction of sp³-hybridized carbons (Fsp3) is 0.750. The first-order chi connectivity index (χ1) is 10.3. The van der Waals surface area contributed by atoms with Crippen molar-refractivity contribution < 1.29 is 0 Å². The van der Waals surface area contributed by atoms with Gasteiger partial charge in [0.15, 0.2) is 0 Å². The maximum absolute atomic E-state index is 4.77. The Bertz CT molecular complexity index is 473. The Morgan fingerprint density at radius 2 is 2.10 bits per heavy atom. The Morgan fingerprint density at radius 3 is 2.86 bits per heavy atom. The zero-order valence-electron chi connectivity index (χ0n) is 12.8. The van der Waals surface area contributed by atoms with Crippen LogP contribution in [0.15, 0.2) is 10.7 Å². The Labute approximate surface area is 135 Å². The van der Waals surface area contributed by atoms with E-state index in [-0.39, 0.29) is 0 Å². The third-order valence-electron chi connectivity index (χ3n) is 4.77. The highest BCUT2D eigenvalue weighted by atomic mass is 79.9. The average molecular weight is 353 g/mol. The molecule has 116 valence electrons. The van der Waals surface area contributed by atoms with Crippen LogP contribution in [0, 0.1) is 5.92 Å². The SMILES string of the molecule is CCCNc1ncc(Br)c(N2CCCC2C2CCCC2)n1.